The van der Waals surface area contributed by atoms with Crippen molar-refractivity contribution in [2.45, 2.75) is 26.2 Å². The van der Waals surface area contributed by atoms with Crippen LogP contribution in [0, 0.1) is 6.92 Å². The smallest absolute Gasteiger partial charge is 0.305 e. The van der Waals surface area contributed by atoms with Gasteiger partial charge in [-0.05, 0) is 24.1 Å². The molecule has 0 amide bonds. The molecule has 0 aliphatic rings. The highest BCUT2D eigenvalue weighted by Gasteiger charge is 2.09. The van der Waals surface area contributed by atoms with Gasteiger partial charge in [0.25, 0.3) is 0 Å². The SMILES string of the molecule is COC(=O)CCC(=O)Cc1cnccc1C. The molecule has 4 nitrogen and oxygen atoms in total. The average Bonchev–Trinajstić information content (AvgIpc) is 2.29. The zero-order valence-corrected chi connectivity index (χ0v) is 9.53. The Balaban J connectivity index is 2.46. The number of hydrogen-bond donors (Lipinski definition) is 0. The zero-order chi connectivity index (χ0) is 12.0. The number of hydrogen-bond acceptors (Lipinski definition) is 4. The van der Waals surface area contributed by atoms with Gasteiger partial charge < -0.3 is 4.74 Å². The Bertz CT molecular complexity index is 388. The first-order valence-electron chi connectivity index (χ1n) is 5.11. The van der Waals surface area contributed by atoms with Crippen molar-refractivity contribution in [3.05, 3.63) is 29.6 Å². The summed E-state index contributed by atoms with van der Waals surface area (Å²) in [5, 5.41) is 0. The Morgan fingerprint density at radius 1 is 1.38 bits per heavy atom. The number of esters is 1. The van der Waals surface area contributed by atoms with E-state index < -0.39 is 0 Å². The van der Waals surface area contributed by atoms with Crippen molar-refractivity contribution < 1.29 is 14.3 Å². The van der Waals surface area contributed by atoms with E-state index in [-0.39, 0.29) is 24.6 Å². The second kappa shape index (κ2) is 6.00. The Labute approximate surface area is 94.6 Å². The van der Waals surface area contributed by atoms with E-state index in [1.807, 2.05) is 13.0 Å². The van der Waals surface area contributed by atoms with Gasteiger partial charge in [-0.3, -0.25) is 14.6 Å². The van der Waals surface area contributed by atoms with Crippen LogP contribution in [0.2, 0.25) is 0 Å². The number of ketones is 1. The number of pyridine rings is 1. The standard InChI is InChI=1S/C12H15NO3/c1-9-5-6-13-8-10(9)7-11(14)3-4-12(15)16-2/h5-6,8H,3-4,7H2,1-2H3. The van der Waals surface area contributed by atoms with Crippen LogP contribution in [0.4, 0.5) is 0 Å². The van der Waals surface area contributed by atoms with Gasteiger partial charge in [0.1, 0.15) is 5.78 Å². The van der Waals surface area contributed by atoms with E-state index in [0.717, 1.165) is 11.1 Å². The third-order valence-electron chi connectivity index (χ3n) is 2.37. The Morgan fingerprint density at radius 3 is 2.75 bits per heavy atom. The summed E-state index contributed by atoms with van der Waals surface area (Å²) in [5.74, 6) is -0.322. The first-order valence-corrected chi connectivity index (χ1v) is 5.11. The maximum absolute atomic E-state index is 11.5. The van der Waals surface area contributed by atoms with Crippen LogP contribution in [0.15, 0.2) is 18.5 Å². The lowest BCUT2D eigenvalue weighted by molar-refractivity contribution is -0.141. The van der Waals surface area contributed by atoms with Crippen LogP contribution in [0.5, 0.6) is 0 Å². The molecule has 0 aromatic carbocycles. The summed E-state index contributed by atoms with van der Waals surface area (Å²) in [5.41, 5.74) is 1.96. The maximum Gasteiger partial charge on any atom is 0.305 e. The lowest BCUT2D eigenvalue weighted by Crippen LogP contribution is -2.08. The molecule has 4 heteroatoms. The van der Waals surface area contributed by atoms with E-state index >= 15 is 0 Å². The van der Waals surface area contributed by atoms with Gasteiger partial charge in [0.2, 0.25) is 0 Å². The lowest BCUT2D eigenvalue weighted by atomic mass is 10.0. The van der Waals surface area contributed by atoms with E-state index in [1.54, 1.807) is 12.4 Å². The molecule has 0 spiro atoms. The number of aryl methyl sites for hydroxylation is 1. The molecule has 1 aromatic heterocycles. The van der Waals surface area contributed by atoms with Crippen LogP contribution in [0.25, 0.3) is 0 Å². The summed E-state index contributed by atoms with van der Waals surface area (Å²) >= 11 is 0. The van der Waals surface area contributed by atoms with Crippen LogP contribution in [-0.4, -0.2) is 23.8 Å². The topological polar surface area (TPSA) is 56.3 Å². The number of nitrogens with zero attached hydrogens (tertiary/aromatic N) is 1. The predicted molar refractivity (Wildman–Crippen MR) is 58.9 cm³/mol. The number of rotatable bonds is 5. The van der Waals surface area contributed by atoms with Crippen LogP contribution in [0.3, 0.4) is 0 Å². The fourth-order valence-corrected chi connectivity index (χ4v) is 1.33. The van der Waals surface area contributed by atoms with Crippen LogP contribution in [-0.2, 0) is 20.7 Å². The highest BCUT2D eigenvalue weighted by atomic mass is 16.5. The van der Waals surface area contributed by atoms with E-state index in [9.17, 15) is 9.59 Å². The summed E-state index contributed by atoms with van der Waals surface area (Å²) in [6.45, 7) is 1.94. The molecule has 0 bridgehead atoms. The summed E-state index contributed by atoms with van der Waals surface area (Å²) in [6, 6.07) is 1.86. The minimum absolute atomic E-state index is 0.0292. The number of methoxy groups -OCH3 is 1. The molecule has 0 unspecified atom stereocenters. The van der Waals surface area contributed by atoms with Gasteiger partial charge in [-0.15, -0.1) is 0 Å². The van der Waals surface area contributed by atoms with Gasteiger partial charge in [0, 0.05) is 25.2 Å². The Hall–Kier alpha value is -1.71. The highest BCUT2D eigenvalue weighted by Crippen LogP contribution is 2.08. The van der Waals surface area contributed by atoms with Gasteiger partial charge in [-0.2, -0.15) is 0 Å². The molecule has 0 aliphatic carbocycles. The van der Waals surface area contributed by atoms with Crippen LogP contribution >= 0.6 is 0 Å². The fourth-order valence-electron chi connectivity index (χ4n) is 1.33. The van der Waals surface area contributed by atoms with Crippen molar-refractivity contribution in [3.8, 4) is 0 Å². The monoisotopic (exact) mass is 221 g/mol. The number of ether oxygens (including phenoxy) is 1. The average molecular weight is 221 g/mol. The molecule has 1 heterocycles. The minimum atomic E-state index is -0.351. The van der Waals surface area contributed by atoms with E-state index in [0.29, 0.717) is 6.42 Å². The normalized spacial score (nSPS) is 9.88. The van der Waals surface area contributed by atoms with E-state index in [1.165, 1.54) is 7.11 Å². The van der Waals surface area contributed by atoms with Crippen molar-refractivity contribution >= 4 is 11.8 Å². The molecule has 0 radical (unpaired) electrons. The summed E-state index contributed by atoms with van der Waals surface area (Å²) in [6.07, 6.45) is 4.08. The number of carbonyl (C=O) groups excluding carboxylic acids is 2. The molecule has 0 N–H and O–H groups in total. The minimum Gasteiger partial charge on any atom is -0.469 e. The summed E-state index contributed by atoms with van der Waals surface area (Å²) < 4.78 is 4.47. The number of Topliss-reactive ketones (excluding diaryl/α,β-unsaturated/α-hetero) is 1. The fraction of sp³-hybridized carbons (Fsp3) is 0.417. The van der Waals surface area contributed by atoms with Crippen LogP contribution in [0.1, 0.15) is 24.0 Å². The highest BCUT2D eigenvalue weighted by molar-refractivity contribution is 5.84. The van der Waals surface area contributed by atoms with Gasteiger partial charge in [-0.25, -0.2) is 0 Å². The van der Waals surface area contributed by atoms with Crippen molar-refractivity contribution in [1.29, 1.82) is 0 Å². The maximum atomic E-state index is 11.5. The molecule has 0 atom stereocenters. The van der Waals surface area contributed by atoms with Crippen molar-refractivity contribution in [2.24, 2.45) is 0 Å². The third kappa shape index (κ3) is 3.81. The molecule has 86 valence electrons. The molecular weight excluding hydrogens is 206 g/mol. The van der Waals surface area contributed by atoms with Crippen molar-refractivity contribution in [3.63, 3.8) is 0 Å². The van der Waals surface area contributed by atoms with Crippen molar-refractivity contribution in [1.82, 2.24) is 4.98 Å². The van der Waals surface area contributed by atoms with E-state index in [2.05, 4.69) is 9.72 Å². The Morgan fingerprint density at radius 2 is 2.12 bits per heavy atom. The van der Waals surface area contributed by atoms with E-state index in [4.69, 9.17) is 0 Å². The second-order valence-electron chi connectivity index (χ2n) is 3.59. The lowest BCUT2D eigenvalue weighted by Gasteiger charge is -2.03. The molecule has 0 saturated carbocycles. The van der Waals surface area contributed by atoms with Gasteiger partial charge in [0.05, 0.1) is 13.5 Å². The molecular formula is C12H15NO3. The van der Waals surface area contributed by atoms with Gasteiger partial charge in [0.15, 0.2) is 0 Å². The second-order valence-corrected chi connectivity index (χ2v) is 3.59. The first kappa shape index (κ1) is 12.4. The number of aromatic nitrogens is 1. The van der Waals surface area contributed by atoms with Gasteiger partial charge in [-0.1, -0.05) is 0 Å². The largest absolute Gasteiger partial charge is 0.469 e. The first-order chi connectivity index (χ1) is 7.63. The zero-order valence-electron chi connectivity index (χ0n) is 9.53. The van der Waals surface area contributed by atoms with Crippen LogP contribution < -0.4 is 0 Å². The molecule has 0 fully saturated rings. The number of carbonyl (C=O) groups is 2. The predicted octanol–water partition coefficient (Wildman–Crippen LogP) is 1.45. The summed E-state index contributed by atoms with van der Waals surface area (Å²) in [4.78, 5) is 26.4. The molecule has 0 aliphatic heterocycles. The molecule has 1 aromatic rings. The quantitative estimate of drug-likeness (QED) is 0.706. The summed E-state index contributed by atoms with van der Waals surface area (Å²) in [7, 11) is 1.32. The van der Waals surface area contributed by atoms with Gasteiger partial charge >= 0.3 is 5.97 Å². The molecule has 16 heavy (non-hydrogen) atoms. The third-order valence-corrected chi connectivity index (χ3v) is 2.37. The molecule has 1 rings (SSSR count). The van der Waals surface area contributed by atoms with Crippen molar-refractivity contribution in [2.75, 3.05) is 7.11 Å². The molecule has 0 saturated heterocycles. The Kier molecular flexibility index (Phi) is 4.64.